The Morgan fingerprint density at radius 2 is 1.67 bits per heavy atom. The molecule has 45 heavy (non-hydrogen) atoms. The number of carbonyl (C=O) groups excluding carboxylic acids is 2. The number of amides is 2. The average molecular weight is 675 g/mol. The minimum absolute atomic E-state index is 0.00541. The molecule has 1 heterocycles. The zero-order valence-corrected chi connectivity index (χ0v) is 26.7. The van der Waals surface area contributed by atoms with Crippen molar-refractivity contribution in [3.8, 4) is 0 Å². The van der Waals surface area contributed by atoms with Crippen molar-refractivity contribution in [3.05, 3.63) is 105 Å². The van der Waals surface area contributed by atoms with Crippen LogP contribution in [0.3, 0.4) is 0 Å². The summed E-state index contributed by atoms with van der Waals surface area (Å²) < 4.78 is 27.5. The Hall–Kier alpha value is -3.48. The number of rotatable bonds is 10. The van der Waals surface area contributed by atoms with Crippen LogP contribution in [0.5, 0.6) is 0 Å². The lowest BCUT2D eigenvalue weighted by atomic mass is 9.76. The number of carbonyl (C=O) groups is 3. The Bertz CT molecular complexity index is 1700. The van der Waals surface area contributed by atoms with Gasteiger partial charge in [-0.3, -0.25) is 19.2 Å². The number of aliphatic carboxylic acids is 1. The lowest BCUT2D eigenvalue weighted by Crippen LogP contribution is -2.59. The predicted molar refractivity (Wildman–Crippen MR) is 169 cm³/mol. The van der Waals surface area contributed by atoms with Gasteiger partial charge < -0.3 is 10.0 Å². The predicted octanol–water partition coefficient (Wildman–Crippen LogP) is 5.01. The van der Waals surface area contributed by atoms with Gasteiger partial charge in [-0.1, -0.05) is 84.6 Å². The van der Waals surface area contributed by atoms with E-state index < -0.39 is 45.9 Å². The fraction of sp³-hybridized carbons (Fsp3) is 0.344. The third kappa shape index (κ3) is 7.67. The normalized spacial score (nSPS) is 21.7. The minimum Gasteiger partial charge on any atom is -0.481 e. The van der Waals surface area contributed by atoms with Crippen molar-refractivity contribution < 1.29 is 32.7 Å². The second-order valence-electron chi connectivity index (χ2n) is 11.4. The van der Waals surface area contributed by atoms with Gasteiger partial charge in [0.1, 0.15) is 0 Å². The van der Waals surface area contributed by atoms with Crippen LogP contribution in [-0.4, -0.2) is 54.5 Å². The highest BCUT2D eigenvalue weighted by atomic mass is 35.5. The van der Waals surface area contributed by atoms with E-state index in [2.05, 4.69) is 10.2 Å². The molecular weight excluding hydrogens is 641 g/mol. The second-order valence-corrected chi connectivity index (χ2v) is 14.0. The Morgan fingerprint density at radius 1 is 0.978 bits per heavy atom. The fourth-order valence-corrected chi connectivity index (χ4v) is 7.66. The van der Waals surface area contributed by atoms with Crippen LogP contribution in [0.15, 0.2) is 66.7 Å². The van der Waals surface area contributed by atoms with Crippen molar-refractivity contribution >= 4 is 51.0 Å². The van der Waals surface area contributed by atoms with Gasteiger partial charge in [-0.2, -0.15) is 0 Å². The van der Waals surface area contributed by atoms with Crippen molar-refractivity contribution in [1.29, 1.82) is 0 Å². The number of hydrogen-bond acceptors (Lipinski definition) is 6. The molecule has 0 radical (unpaired) electrons. The molecule has 2 aliphatic rings. The largest absolute Gasteiger partial charge is 0.481 e. The van der Waals surface area contributed by atoms with Gasteiger partial charge >= 0.3 is 5.97 Å². The maximum atomic E-state index is 14.3. The molecule has 10 nitrogen and oxygen atoms in total. The van der Waals surface area contributed by atoms with E-state index in [9.17, 15) is 22.8 Å². The number of hydroxylamine groups is 1. The van der Waals surface area contributed by atoms with E-state index in [1.54, 1.807) is 71.6 Å². The second kappa shape index (κ2) is 13.9. The van der Waals surface area contributed by atoms with Crippen LogP contribution < -0.4 is 10.2 Å². The van der Waals surface area contributed by atoms with E-state index in [-0.39, 0.29) is 24.0 Å². The Kier molecular flexibility index (Phi) is 10.1. The molecule has 0 saturated heterocycles. The number of carboxylic acids is 1. The number of nitrogens with zero attached hydrogens (tertiary/aromatic N) is 1. The lowest BCUT2D eigenvalue weighted by molar-refractivity contribution is -0.138. The topological polar surface area (TPSA) is 142 Å². The van der Waals surface area contributed by atoms with E-state index in [1.165, 1.54) is 0 Å². The number of halogens is 2. The fourth-order valence-electron chi connectivity index (χ4n) is 6.31. The molecule has 3 aromatic carbocycles. The molecule has 238 valence electrons. The number of hydrogen-bond donors (Lipinski definition) is 3. The monoisotopic (exact) mass is 673 g/mol. The van der Waals surface area contributed by atoms with Crippen LogP contribution in [0.2, 0.25) is 10.0 Å². The zero-order chi connectivity index (χ0) is 32.3. The summed E-state index contributed by atoms with van der Waals surface area (Å²) >= 11 is 13.0. The van der Waals surface area contributed by atoms with Gasteiger partial charge in [0.15, 0.2) is 0 Å². The summed E-state index contributed by atoms with van der Waals surface area (Å²) in [5, 5.41) is 9.65. The number of sulfonamides is 1. The number of nitrogens with one attached hydrogen (secondary N) is 2. The average Bonchev–Trinajstić information content (AvgIpc) is 2.97. The van der Waals surface area contributed by atoms with Crippen molar-refractivity contribution in [2.75, 3.05) is 6.26 Å². The molecule has 1 saturated carbocycles. The van der Waals surface area contributed by atoms with Crippen molar-refractivity contribution in [2.24, 2.45) is 0 Å². The van der Waals surface area contributed by atoms with Crippen molar-refractivity contribution in [1.82, 2.24) is 15.1 Å². The Morgan fingerprint density at radius 3 is 2.36 bits per heavy atom. The van der Waals surface area contributed by atoms with Crippen LogP contribution in [-0.2, 0) is 37.5 Å². The van der Waals surface area contributed by atoms with Gasteiger partial charge in [0.25, 0.3) is 11.8 Å². The molecule has 4 atom stereocenters. The summed E-state index contributed by atoms with van der Waals surface area (Å²) in [6.07, 6.45) is 3.58. The van der Waals surface area contributed by atoms with Crippen LogP contribution in [0.1, 0.15) is 70.3 Å². The highest BCUT2D eigenvalue weighted by Gasteiger charge is 2.49. The first kappa shape index (κ1) is 32.9. The zero-order valence-electron chi connectivity index (χ0n) is 24.4. The lowest BCUT2D eigenvalue weighted by Gasteiger charge is -2.49. The number of carboxylic acid groups (broad SMARTS) is 1. The SMILES string of the molecule is CS(=O)(=O)N[C@H]1CCCC[C@@H]1N1C(=O)c2ccccc2[C@@H](C(=O)NOCc2ccc(CC(=O)O)cc2)[C@@H]1c1ccc(Cl)cc1Cl. The van der Waals surface area contributed by atoms with E-state index in [0.29, 0.717) is 45.7 Å². The molecule has 1 aliphatic heterocycles. The highest BCUT2D eigenvalue weighted by molar-refractivity contribution is 7.88. The van der Waals surface area contributed by atoms with Gasteiger partial charge in [-0.05, 0) is 53.3 Å². The number of fused-ring (bicyclic) bond motifs is 1. The third-order valence-corrected chi connectivity index (χ3v) is 9.48. The third-order valence-electron chi connectivity index (χ3n) is 8.18. The van der Waals surface area contributed by atoms with Crippen molar-refractivity contribution in [3.63, 3.8) is 0 Å². The molecular formula is C32H33Cl2N3O7S. The highest BCUT2D eigenvalue weighted by Crippen LogP contribution is 2.47. The Labute approximate surface area is 271 Å². The van der Waals surface area contributed by atoms with E-state index in [1.807, 2.05) is 0 Å². The summed E-state index contributed by atoms with van der Waals surface area (Å²) in [5.41, 5.74) is 5.20. The first-order valence-electron chi connectivity index (χ1n) is 14.5. The molecule has 13 heteroatoms. The maximum Gasteiger partial charge on any atom is 0.307 e. The number of benzene rings is 3. The molecule has 0 unspecified atom stereocenters. The van der Waals surface area contributed by atoms with E-state index in [4.69, 9.17) is 33.1 Å². The molecule has 5 rings (SSSR count). The molecule has 1 fully saturated rings. The standard InChI is InChI=1S/C32H33Cl2N3O7S/c1-45(42,43)36-26-8-4-5-9-27(26)37-30(24-15-14-21(33)17-25(24)34)29(22-6-2-3-7-23(22)32(37)41)31(40)35-44-18-20-12-10-19(11-13-20)16-28(38)39/h2-3,6-7,10-15,17,26-27,29-30,36H,4-5,8-9,16,18H2,1H3,(H,35,40)(H,38,39)/t26-,27-,29+,30-/m0/s1. The summed E-state index contributed by atoms with van der Waals surface area (Å²) in [6.45, 7) is 0.00541. The Balaban J connectivity index is 1.52. The van der Waals surface area contributed by atoms with Gasteiger partial charge in [0.05, 0.1) is 31.2 Å². The summed E-state index contributed by atoms with van der Waals surface area (Å²) in [5.74, 6) is -2.77. The molecule has 3 N–H and O–H groups in total. The first-order chi connectivity index (χ1) is 21.4. The molecule has 0 spiro atoms. The molecule has 0 aromatic heterocycles. The van der Waals surface area contributed by atoms with Gasteiger partial charge in [0, 0.05) is 27.7 Å². The van der Waals surface area contributed by atoms with Crippen molar-refractivity contribution in [2.45, 2.75) is 62.8 Å². The molecule has 0 bridgehead atoms. The van der Waals surface area contributed by atoms with Crippen LogP contribution in [0, 0.1) is 0 Å². The molecule has 2 amide bonds. The van der Waals surface area contributed by atoms with Gasteiger partial charge in [-0.15, -0.1) is 0 Å². The summed E-state index contributed by atoms with van der Waals surface area (Å²) in [6, 6.07) is 16.5. The summed E-state index contributed by atoms with van der Waals surface area (Å²) in [4.78, 5) is 46.7. The van der Waals surface area contributed by atoms with Crippen LogP contribution in [0.25, 0.3) is 0 Å². The van der Waals surface area contributed by atoms with E-state index >= 15 is 0 Å². The van der Waals surface area contributed by atoms with E-state index in [0.717, 1.165) is 19.1 Å². The quantitative estimate of drug-likeness (QED) is 0.257. The molecule has 1 aliphatic carbocycles. The van der Waals surface area contributed by atoms with Gasteiger partial charge in [0.2, 0.25) is 10.0 Å². The maximum absolute atomic E-state index is 14.3. The first-order valence-corrected chi connectivity index (χ1v) is 17.1. The minimum atomic E-state index is -3.61. The summed E-state index contributed by atoms with van der Waals surface area (Å²) in [7, 11) is -3.61. The smallest absolute Gasteiger partial charge is 0.307 e. The molecule has 3 aromatic rings. The van der Waals surface area contributed by atoms with Crippen LogP contribution in [0.4, 0.5) is 0 Å². The van der Waals surface area contributed by atoms with Gasteiger partial charge in [-0.25, -0.2) is 18.6 Å². The van der Waals surface area contributed by atoms with Crippen LogP contribution >= 0.6 is 23.2 Å².